The van der Waals surface area contributed by atoms with Crippen LogP contribution in [0.25, 0.3) is 0 Å². The van der Waals surface area contributed by atoms with Gasteiger partial charge in [-0.15, -0.1) is 0 Å². The second kappa shape index (κ2) is 10.4. The molecular formula is C26H35N11O2. The van der Waals surface area contributed by atoms with Crippen molar-refractivity contribution in [2.45, 2.75) is 25.9 Å². The molecule has 0 bridgehead atoms. The lowest BCUT2D eigenvalue weighted by Crippen LogP contribution is -2.51. The quantitative estimate of drug-likeness (QED) is 0.336. The van der Waals surface area contributed by atoms with Crippen LogP contribution in [0.3, 0.4) is 0 Å². The van der Waals surface area contributed by atoms with Gasteiger partial charge in [0, 0.05) is 51.2 Å². The first-order chi connectivity index (χ1) is 18.9. The highest BCUT2D eigenvalue weighted by atomic mass is 16.5. The summed E-state index contributed by atoms with van der Waals surface area (Å²) in [7, 11) is 3.76. The molecule has 1 spiro atoms. The van der Waals surface area contributed by atoms with Gasteiger partial charge < -0.3 is 25.6 Å². The van der Waals surface area contributed by atoms with E-state index in [1.54, 1.807) is 23.3 Å². The smallest absolute Gasteiger partial charge is 0.252 e. The van der Waals surface area contributed by atoms with Gasteiger partial charge in [0.15, 0.2) is 5.82 Å². The van der Waals surface area contributed by atoms with Gasteiger partial charge in [-0.3, -0.25) is 19.5 Å². The number of pyridine rings is 1. The highest BCUT2D eigenvalue weighted by molar-refractivity contribution is 5.94. The van der Waals surface area contributed by atoms with Crippen LogP contribution in [-0.4, -0.2) is 82.0 Å². The van der Waals surface area contributed by atoms with E-state index in [1.165, 1.54) is 12.8 Å². The molecular weight excluding hydrogens is 498 g/mol. The number of aryl methyl sites for hydroxylation is 2. The molecule has 13 heteroatoms. The van der Waals surface area contributed by atoms with Crippen molar-refractivity contribution >= 4 is 29.0 Å². The molecule has 3 aromatic heterocycles. The van der Waals surface area contributed by atoms with Gasteiger partial charge in [-0.2, -0.15) is 10.1 Å². The molecule has 0 saturated carbocycles. The first-order valence-corrected chi connectivity index (χ1v) is 13.3. The Kier molecular flexibility index (Phi) is 6.79. The Balaban J connectivity index is 1.06. The molecule has 3 aliphatic rings. The SMILES string of the molecule is Cc1ncc(C(=O)NCCN2CCC3(CC2)COC3)cc1NC1NN(C)c2nc(Nc3cnn(C)c3)ncc21. The molecule has 4 N–H and O–H groups in total. The van der Waals surface area contributed by atoms with Crippen LogP contribution in [-0.2, 0) is 11.8 Å². The molecule has 0 aliphatic carbocycles. The Morgan fingerprint density at radius 3 is 2.72 bits per heavy atom. The number of aromatic nitrogens is 5. The van der Waals surface area contributed by atoms with Gasteiger partial charge in [0.25, 0.3) is 5.91 Å². The van der Waals surface area contributed by atoms with Crippen molar-refractivity contribution in [2.24, 2.45) is 12.5 Å². The summed E-state index contributed by atoms with van der Waals surface area (Å²) in [5.41, 5.74) is 7.56. The molecule has 6 heterocycles. The van der Waals surface area contributed by atoms with E-state index in [1.807, 2.05) is 38.3 Å². The molecule has 0 radical (unpaired) electrons. The number of nitrogens with one attached hydrogen (secondary N) is 4. The number of hydrazine groups is 1. The number of ether oxygens (including phenoxy) is 1. The van der Waals surface area contributed by atoms with Crippen molar-refractivity contribution in [1.29, 1.82) is 0 Å². The van der Waals surface area contributed by atoms with E-state index in [0.717, 1.165) is 61.3 Å². The zero-order valence-electron chi connectivity index (χ0n) is 22.6. The molecule has 1 unspecified atom stereocenters. The zero-order valence-corrected chi connectivity index (χ0v) is 22.6. The highest BCUT2D eigenvalue weighted by Gasteiger charge is 2.40. The molecule has 13 nitrogen and oxygen atoms in total. The molecule has 6 rings (SSSR count). The number of anilines is 4. The van der Waals surface area contributed by atoms with Gasteiger partial charge in [0.1, 0.15) is 6.17 Å². The van der Waals surface area contributed by atoms with Crippen LogP contribution in [0.2, 0.25) is 0 Å². The lowest BCUT2D eigenvalue weighted by atomic mass is 9.77. The Morgan fingerprint density at radius 2 is 2.00 bits per heavy atom. The second-order valence-corrected chi connectivity index (χ2v) is 10.7. The predicted molar refractivity (Wildman–Crippen MR) is 147 cm³/mol. The fourth-order valence-electron chi connectivity index (χ4n) is 5.28. The number of nitrogens with zero attached hydrogens (tertiary/aromatic N) is 7. The molecule has 1 amide bonds. The number of fused-ring (bicyclic) bond motifs is 1. The van der Waals surface area contributed by atoms with Crippen molar-refractivity contribution in [3.63, 3.8) is 0 Å². The van der Waals surface area contributed by atoms with E-state index in [-0.39, 0.29) is 12.1 Å². The minimum absolute atomic E-state index is 0.127. The van der Waals surface area contributed by atoms with Crippen LogP contribution in [0.4, 0.5) is 23.1 Å². The maximum atomic E-state index is 12.9. The summed E-state index contributed by atoms with van der Waals surface area (Å²) in [6.07, 6.45) is 9.06. The average Bonchev–Trinajstić information content (AvgIpc) is 3.46. The van der Waals surface area contributed by atoms with Gasteiger partial charge >= 0.3 is 0 Å². The normalized spacial score (nSPS) is 20.0. The molecule has 0 aromatic carbocycles. The number of piperidine rings is 1. The third-order valence-corrected chi connectivity index (χ3v) is 7.80. The van der Waals surface area contributed by atoms with E-state index in [2.05, 4.69) is 46.3 Å². The van der Waals surface area contributed by atoms with Crippen molar-refractivity contribution in [3.8, 4) is 0 Å². The van der Waals surface area contributed by atoms with Gasteiger partial charge in [-0.05, 0) is 38.9 Å². The highest BCUT2D eigenvalue weighted by Crippen LogP contribution is 2.38. The maximum Gasteiger partial charge on any atom is 0.252 e. The third-order valence-electron chi connectivity index (χ3n) is 7.80. The van der Waals surface area contributed by atoms with Gasteiger partial charge in [0.2, 0.25) is 5.95 Å². The van der Waals surface area contributed by atoms with Crippen LogP contribution in [0.1, 0.15) is 40.6 Å². The summed E-state index contributed by atoms with van der Waals surface area (Å²) in [6, 6.07) is 1.85. The standard InChI is InChI=1S/C26H35N11O2/c1-17-21(10-18(11-28-17)24(38)27-6-9-37-7-4-26(5-8-37)15-39-16-26)32-22-20-13-29-25(33-23(20)36(3)34-22)31-19-12-30-35(2)14-19/h10-14,22,32,34H,4-9,15-16H2,1-3H3,(H,27,38)(H,29,31,33). The topological polar surface area (TPSA) is 137 Å². The lowest BCUT2D eigenvalue weighted by molar-refractivity contribution is -0.139. The molecule has 2 fully saturated rings. The first-order valence-electron chi connectivity index (χ1n) is 13.3. The van der Waals surface area contributed by atoms with Crippen LogP contribution >= 0.6 is 0 Å². The average molecular weight is 534 g/mol. The largest absolute Gasteiger partial charge is 0.380 e. The first kappa shape index (κ1) is 25.5. The van der Waals surface area contributed by atoms with Gasteiger partial charge in [-0.25, -0.2) is 10.4 Å². The van der Waals surface area contributed by atoms with E-state index < -0.39 is 0 Å². The van der Waals surface area contributed by atoms with Crippen molar-refractivity contribution < 1.29 is 9.53 Å². The summed E-state index contributed by atoms with van der Waals surface area (Å²) in [5.74, 6) is 1.10. The summed E-state index contributed by atoms with van der Waals surface area (Å²) in [6.45, 7) is 7.31. The number of hydrogen-bond acceptors (Lipinski definition) is 11. The predicted octanol–water partition coefficient (Wildman–Crippen LogP) is 1.56. The summed E-state index contributed by atoms with van der Waals surface area (Å²) in [5, 5.41) is 15.7. The number of hydrogen-bond donors (Lipinski definition) is 4. The molecule has 39 heavy (non-hydrogen) atoms. The summed E-state index contributed by atoms with van der Waals surface area (Å²) < 4.78 is 7.13. The number of amides is 1. The molecule has 3 aliphatic heterocycles. The summed E-state index contributed by atoms with van der Waals surface area (Å²) >= 11 is 0. The molecule has 206 valence electrons. The maximum absolute atomic E-state index is 12.9. The fraction of sp³-hybridized carbons (Fsp3) is 0.500. The number of carbonyl (C=O) groups is 1. The van der Waals surface area contributed by atoms with Gasteiger partial charge in [-0.1, -0.05) is 0 Å². The van der Waals surface area contributed by atoms with E-state index in [4.69, 9.17) is 4.74 Å². The number of carbonyl (C=O) groups excluding carboxylic acids is 1. The van der Waals surface area contributed by atoms with Crippen molar-refractivity contribution in [2.75, 3.05) is 62.1 Å². The molecule has 3 aromatic rings. The Hall–Kier alpha value is -3.81. The monoisotopic (exact) mass is 533 g/mol. The minimum atomic E-state index is -0.278. The van der Waals surface area contributed by atoms with Crippen LogP contribution in [0.5, 0.6) is 0 Å². The van der Waals surface area contributed by atoms with Crippen LogP contribution in [0, 0.1) is 12.3 Å². The van der Waals surface area contributed by atoms with E-state index in [0.29, 0.717) is 23.5 Å². The Morgan fingerprint density at radius 1 is 1.18 bits per heavy atom. The number of rotatable bonds is 8. The number of likely N-dealkylation sites (tertiary alicyclic amines) is 1. The van der Waals surface area contributed by atoms with Crippen molar-refractivity contribution in [3.05, 3.63) is 47.7 Å². The molecule has 2 saturated heterocycles. The minimum Gasteiger partial charge on any atom is -0.380 e. The van der Waals surface area contributed by atoms with Crippen LogP contribution in [0.15, 0.2) is 30.9 Å². The lowest BCUT2D eigenvalue weighted by Gasteiger charge is -2.47. The third kappa shape index (κ3) is 5.37. The van der Waals surface area contributed by atoms with Crippen molar-refractivity contribution in [1.82, 2.24) is 40.4 Å². The van der Waals surface area contributed by atoms with E-state index in [9.17, 15) is 4.79 Å². The Labute approximate surface area is 227 Å². The fourth-order valence-corrected chi connectivity index (χ4v) is 5.28. The van der Waals surface area contributed by atoms with Gasteiger partial charge in [0.05, 0.1) is 47.6 Å². The molecule has 1 atom stereocenters. The summed E-state index contributed by atoms with van der Waals surface area (Å²) in [4.78, 5) is 29.0. The second-order valence-electron chi connectivity index (χ2n) is 10.7. The Bertz CT molecular complexity index is 1350. The van der Waals surface area contributed by atoms with Crippen LogP contribution < -0.4 is 26.4 Å². The van der Waals surface area contributed by atoms with E-state index >= 15 is 0 Å². The zero-order chi connectivity index (χ0) is 27.0.